The number of hydrogen-bond acceptors (Lipinski definition) is 4. The largest absolute Gasteiger partial charge is 0.493 e. The Kier molecular flexibility index (Phi) is 6.90. The summed E-state index contributed by atoms with van der Waals surface area (Å²) < 4.78 is 11.0. The first-order chi connectivity index (χ1) is 13.6. The molecule has 2 N–H and O–H groups in total. The Balaban J connectivity index is 1.74. The first kappa shape index (κ1) is 20.2. The number of nitrogens with one attached hydrogen (secondary N) is 2. The number of ether oxygens (including phenoxy) is 2. The van der Waals surface area contributed by atoms with Crippen molar-refractivity contribution >= 4 is 29.1 Å². The highest BCUT2D eigenvalue weighted by molar-refractivity contribution is 6.31. The molecule has 1 fully saturated rings. The number of anilines is 1. The van der Waals surface area contributed by atoms with Gasteiger partial charge < -0.3 is 20.1 Å². The van der Waals surface area contributed by atoms with Crippen LogP contribution in [0.15, 0.2) is 42.5 Å². The second kappa shape index (κ2) is 9.57. The topological polar surface area (TPSA) is 76.7 Å². The summed E-state index contributed by atoms with van der Waals surface area (Å²) in [5.74, 6) is -0.236. The van der Waals surface area contributed by atoms with E-state index < -0.39 is 0 Å². The number of carbonyl (C=O) groups is 2. The van der Waals surface area contributed by atoms with E-state index in [0.29, 0.717) is 40.7 Å². The molecular weight excluding hydrogens is 380 g/mol. The average molecular weight is 403 g/mol. The molecule has 1 aliphatic rings. The molecular formula is C21H23ClN2O4. The van der Waals surface area contributed by atoms with Crippen molar-refractivity contribution in [2.45, 2.75) is 25.9 Å². The molecule has 148 valence electrons. The van der Waals surface area contributed by atoms with Crippen molar-refractivity contribution < 1.29 is 19.1 Å². The van der Waals surface area contributed by atoms with Crippen LogP contribution in [0.3, 0.4) is 0 Å². The maximum atomic E-state index is 12.8. The minimum atomic E-state index is -0.375. The molecule has 7 heteroatoms. The maximum Gasteiger partial charge on any atom is 0.259 e. The molecule has 0 aliphatic carbocycles. The maximum absolute atomic E-state index is 12.8. The third-order valence-corrected chi connectivity index (χ3v) is 4.66. The van der Waals surface area contributed by atoms with E-state index in [0.717, 1.165) is 19.4 Å². The van der Waals surface area contributed by atoms with E-state index in [9.17, 15) is 9.59 Å². The minimum absolute atomic E-state index is 0.0496. The Hall–Kier alpha value is -2.57. The summed E-state index contributed by atoms with van der Waals surface area (Å²) in [6, 6.07) is 11.7. The molecule has 28 heavy (non-hydrogen) atoms. The van der Waals surface area contributed by atoms with Crippen LogP contribution in [0, 0.1) is 0 Å². The van der Waals surface area contributed by atoms with Crippen molar-refractivity contribution in [1.29, 1.82) is 0 Å². The van der Waals surface area contributed by atoms with Gasteiger partial charge in [-0.1, -0.05) is 23.7 Å². The zero-order valence-electron chi connectivity index (χ0n) is 15.7. The summed E-state index contributed by atoms with van der Waals surface area (Å²) in [7, 11) is 0. The Morgan fingerprint density at radius 1 is 1.18 bits per heavy atom. The van der Waals surface area contributed by atoms with Gasteiger partial charge in [0.25, 0.3) is 11.8 Å². The molecule has 1 saturated heterocycles. The van der Waals surface area contributed by atoms with Crippen molar-refractivity contribution in [2.24, 2.45) is 0 Å². The van der Waals surface area contributed by atoms with Crippen molar-refractivity contribution in [3.63, 3.8) is 0 Å². The van der Waals surface area contributed by atoms with Gasteiger partial charge in [-0.2, -0.15) is 0 Å². The lowest BCUT2D eigenvalue weighted by Crippen LogP contribution is -2.32. The van der Waals surface area contributed by atoms with E-state index in [-0.39, 0.29) is 17.9 Å². The van der Waals surface area contributed by atoms with Crippen molar-refractivity contribution in [3.8, 4) is 5.75 Å². The highest BCUT2D eigenvalue weighted by atomic mass is 35.5. The van der Waals surface area contributed by atoms with Gasteiger partial charge in [0.05, 0.1) is 29.5 Å². The summed E-state index contributed by atoms with van der Waals surface area (Å²) in [6.07, 6.45) is 2.00. The fraction of sp³-hybridized carbons (Fsp3) is 0.333. The van der Waals surface area contributed by atoms with Gasteiger partial charge in [0.2, 0.25) is 0 Å². The number of hydrogen-bond donors (Lipinski definition) is 2. The first-order valence-corrected chi connectivity index (χ1v) is 9.68. The minimum Gasteiger partial charge on any atom is -0.493 e. The van der Waals surface area contributed by atoms with Crippen molar-refractivity contribution in [1.82, 2.24) is 5.32 Å². The molecule has 0 spiro atoms. The molecule has 1 heterocycles. The molecule has 2 aromatic rings. The van der Waals surface area contributed by atoms with Crippen LogP contribution >= 0.6 is 11.6 Å². The van der Waals surface area contributed by atoms with Crippen LogP contribution in [0.25, 0.3) is 0 Å². The van der Waals surface area contributed by atoms with E-state index in [1.54, 1.807) is 42.5 Å². The van der Waals surface area contributed by atoms with Gasteiger partial charge in [0, 0.05) is 18.2 Å². The predicted molar refractivity (Wildman–Crippen MR) is 108 cm³/mol. The van der Waals surface area contributed by atoms with E-state index >= 15 is 0 Å². The molecule has 3 rings (SSSR count). The Morgan fingerprint density at radius 3 is 2.75 bits per heavy atom. The van der Waals surface area contributed by atoms with E-state index in [1.165, 1.54) is 0 Å². The first-order valence-electron chi connectivity index (χ1n) is 9.31. The van der Waals surface area contributed by atoms with Crippen molar-refractivity contribution in [2.75, 3.05) is 25.1 Å². The standard InChI is InChI=1S/C21H23ClN2O4/c1-2-27-19-12-14(22)9-10-17(19)21(26)24-18-8-4-3-7-16(18)20(25)23-13-15-6-5-11-28-15/h3-4,7-10,12,15H,2,5-6,11,13H2,1H3,(H,23,25)(H,24,26)/t15-/m1/s1. The number of halogens is 1. The Morgan fingerprint density at radius 2 is 2.00 bits per heavy atom. The summed E-state index contributed by atoms with van der Waals surface area (Å²) in [5, 5.41) is 6.16. The number of amides is 2. The van der Waals surface area contributed by atoms with Crippen LogP contribution in [0.1, 0.15) is 40.5 Å². The van der Waals surface area contributed by atoms with Gasteiger partial charge >= 0.3 is 0 Å². The third-order valence-electron chi connectivity index (χ3n) is 4.42. The normalized spacial score (nSPS) is 15.9. The SMILES string of the molecule is CCOc1cc(Cl)ccc1C(=O)Nc1ccccc1C(=O)NC[C@H]1CCCO1. The smallest absolute Gasteiger partial charge is 0.259 e. The summed E-state index contributed by atoms with van der Waals surface area (Å²) in [6.45, 7) is 3.42. The van der Waals surface area contributed by atoms with Crippen LogP contribution in [-0.2, 0) is 4.74 Å². The molecule has 1 atom stereocenters. The third kappa shape index (κ3) is 5.03. The molecule has 0 bridgehead atoms. The fourth-order valence-corrected chi connectivity index (χ4v) is 3.21. The zero-order valence-corrected chi connectivity index (χ0v) is 16.4. The zero-order chi connectivity index (χ0) is 19.9. The average Bonchev–Trinajstić information content (AvgIpc) is 3.20. The van der Waals surface area contributed by atoms with Crippen LogP contribution in [0.4, 0.5) is 5.69 Å². The van der Waals surface area contributed by atoms with Gasteiger partial charge in [-0.15, -0.1) is 0 Å². The second-order valence-electron chi connectivity index (χ2n) is 6.42. The van der Waals surface area contributed by atoms with Crippen LogP contribution < -0.4 is 15.4 Å². The quantitative estimate of drug-likeness (QED) is 0.736. The van der Waals surface area contributed by atoms with Gasteiger partial charge in [-0.25, -0.2) is 0 Å². The number of para-hydroxylation sites is 1. The molecule has 0 saturated carbocycles. The molecule has 2 amide bonds. The number of benzene rings is 2. The molecule has 0 unspecified atom stereocenters. The van der Waals surface area contributed by atoms with Gasteiger partial charge in [-0.3, -0.25) is 9.59 Å². The van der Waals surface area contributed by atoms with Gasteiger partial charge in [-0.05, 0) is 50.1 Å². The van der Waals surface area contributed by atoms with Crippen molar-refractivity contribution in [3.05, 3.63) is 58.6 Å². The Bertz CT molecular complexity index is 850. The van der Waals surface area contributed by atoms with Crippen LogP contribution in [-0.4, -0.2) is 37.7 Å². The molecule has 2 aromatic carbocycles. The Labute approximate surface area is 169 Å². The van der Waals surface area contributed by atoms with E-state index in [4.69, 9.17) is 21.1 Å². The molecule has 1 aliphatic heterocycles. The monoisotopic (exact) mass is 402 g/mol. The summed E-state index contributed by atoms with van der Waals surface area (Å²) in [4.78, 5) is 25.4. The highest BCUT2D eigenvalue weighted by Gasteiger charge is 2.20. The molecule has 0 aromatic heterocycles. The van der Waals surface area contributed by atoms with Gasteiger partial charge in [0.15, 0.2) is 0 Å². The second-order valence-corrected chi connectivity index (χ2v) is 6.85. The lowest BCUT2D eigenvalue weighted by molar-refractivity contribution is 0.0858. The summed E-state index contributed by atoms with van der Waals surface area (Å²) >= 11 is 6.00. The van der Waals surface area contributed by atoms with E-state index in [2.05, 4.69) is 10.6 Å². The van der Waals surface area contributed by atoms with Gasteiger partial charge in [0.1, 0.15) is 5.75 Å². The van der Waals surface area contributed by atoms with Crippen LogP contribution in [0.5, 0.6) is 5.75 Å². The fourth-order valence-electron chi connectivity index (χ4n) is 3.05. The number of carbonyl (C=O) groups excluding carboxylic acids is 2. The summed E-state index contributed by atoms with van der Waals surface area (Å²) in [5.41, 5.74) is 1.16. The lowest BCUT2D eigenvalue weighted by atomic mass is 10.1. The predicted octanol–water partition coefficient (Wildman–Crippen LogP) is 3.90. The van der Waals surface area contributed by atoms with E-state index in [1.807, 2.05) is 6.92 Å². The van der Waals surface area contributed by atoms with Crippen LogP contribution in [0.2, 0.25) is 5.02 Å². The number of rotatable bonds is 7. The molecule has 6 nitrogen and oxygen atoms in total. The molecule has 0 radical (unpaired) electrons. The lowest BCUT2D eigenvalue weighted by Gasteiger charge is -2.15. The highest BCUT2D eigenvalue weighted by Crippen LogP contribution is 2.25.